The molecule has 1 fully saturated rings. The van der Waals surface area contributed by atoms with Crippen LogP contribution in [0.5, 0.6) is 5.75 Å². The second-order valence-corrected chi connectivity index (χ2v) is 8.64. The number of nitrogens with zero attached hydrogens (tertiary/aromatic N) is 3. The summed E-state index contributed by atoms with van der Waals surface area (Å²) < 4.78 is 19.6. The van der Waals surface area contributed by atoms with Crippen molar-refractivity contribution >= 4 is 23.0 Å². The van der Waals surface area contributed by atoms with Crippen LogP contribution >= 0.6 is 0 Å². The van der Waals surface area contributed by atoms with Gasteiger partial charge in [0.2, 0.25) is 5.91 Å². The molecule has 2 aromatic rings. The van der Waals surface area contributed by atoms with E-state index in [1.54, 1.807) is 11.1 Å². The lowest BCUT2D eigenvalue weighted by Crippen LogP contribution is -2.56. The van der Waals surface area contributed by atoms with E-state index >= 15 is 0 Å². The Morgan fingerprint density at radius 3 is 2.81 bits per heavy atom. The molecule has 1 aromatic heterocycles. The highest BCUT2D eigenvalue weighted by Gasteiger charge is 2.36. The van der Waals surface area contributed by atoms with Gasteiger partial charge in [-0.1, -0.05) is 6.07 Å². The third kappa shape index (κ3) is 3.67. The number of carbonyl (C=O) groups excluding carboxylic acids is 1. The second-order valence-electron chi connectivity index (χ2n) is 6.90. The molecule has 1 atom stereocenters. The lowest BCUT2D eigenvalue weighted by atomic mass is 9.97. The molecule has 0 aliphatic carbocycles. The van der Waals surface area contributed by atoms with Gasteiger partial charge in [0.1, 0.15) is 17.6 Å². The number of benzene rings is 1. The summed E-state index contributed by atoms with van der Waals surface area (Å²) in [5.74, 6) is 1.53. The predicted molar refractivity (Wildman–Crippen MR) is 106 cm³/mol. The van der Waals surface area contributed by atoms with Crippen LogP contribution in [-0.2, 0) is 22.6 Å². The van der Waals surface area contributed by atoms with E-state index in [4.69, 9.17) is 4.74 Å². The third-order valence-corrected chi connectivity index (χ3v) is 6.49. The number of hydrogen-bond donors (Lipinski definition) is 0. The van der Waals surface area contributed by atoms with Crippen LogP contribution in [0, 0.1) is 0 Å². The van der Waals surface area contributed by atoms with Crippen molar-refractivity contribution in [3.05, 3.63) is 42.2 Å². The molecule has 0 radical (unpaired) electrons. The number of rotatable bonds is 5. The smallest absolute Gasteiger partial charge is 0.227 e. The summed E-state index contributed by atoms with van der Waals surface area (Å²) in [6.07, 6.45) is 4.91. The summed E-state index contributed by atoms with van der Waals surface area (Å²) >= 11 is -0.895. The van der Waals surface area contributed by atoms with Gasteiger partial charge in [-0.25, -0.2) is 0 Å². The molecule has 1 aromatic carbocycles. The third-order valence-electron chi connectivity index (χ3n) is 5.12. The zero-order chi connectivity index (χ0) is 19.0. The van der Waals surface area contributed by atoms with E-state index < -0.39 is 11.4 Å². The summed E-state index contributed by atoms with van der Waals surface area (Å²) in [5.41, 5.74) is 4.21. The van der Waals surface area contributed by atoms with Crippen molar-refractivity contribution in [3.63, 3.8) is 0 Å². The minimum Gasteiger partial charge on any atom is -0.598 e. The molecular weight excluding hydrogens is 362 g/mol. The molecule has 1 saturated heterocycles. The van der Waals surface area contributed by atoms with Gasteiger partial charge < -0.3 is 14.2 Å². The summed E-state index contributed by atoms with van der Waals surface area (Å²) in [5, 5.41) is 0. The molecular formula is C20H23N3O3S. The lowest BCUT2D eigenvalue weighted by Gasteiger charge is -2.37. The number of carbonyl (C=O) groups is 1. The fourth-order valence-electron chi connectivity index (χ4n) is 3.49. The topological polar surface area (TPSA) is 68.7 Å². The van der Waals surface area contributed by atoms with Gasteiger partial charge in [-0.05, 0) is 42.7 Å². The van der Waals surface area contributed by atoms with Crippen LogP contribution in [0.4, 0.5) is 5.69 Å². The quantitative estimate of drug-likeness (QED) is 0.740. The minimum absolute atomic E-state index is 0.0562. The number of ether oxygens (including phenoxy) is 1. The Labute approximate surface area is 162 Å². The maximum Gasteiger partial charge on any atom is 0.227 e. The molecule has 0 saturated carbocycles. The van der Waals surface area contributed by atoms with Gasteiger partial charge >= 0.3 is 0 Å². The molecule has 6 nitrogen and oxygen atoms in total. The van der Waals surface area contributed by atoms with Crippen LogP contribution in [0.25, 0.3) is 11.1 Å². The molecule has 2 aliphatic rings. The maximum atomic E-state index is 11.9. The molecule has 4 rings (SSSR count). The number of aromatic nitrogens is 1. The van der Waals surface area contributed by atoms with E-state index in [2.05, 4.69) is 11.1 Å². The number of aryl methyl sites for hydroxylation is 1. The normalized spacial score (nSPS) is 18.8. The first-order valence-corrected chi connectivity index (χ1v) is 10.5. The Morgan fingerprint density at radius 1 is 1.22 bits per heavy atom. The van der Waals surface area contributed by atoms with Gasteiger partial charge in [-0.3, -0.25) is 9.78 Å². The number of anilines is 1. The van der Waals surface area contributed by atoms with Crippen molar-refractivity contribution < 1.29 is 14.1 Å². The Hall–Kier alpha value is -2.09. The minimum atomic E-state index is -0.895. The summed E-state index contributed by atoms with van der Waals surface area (Å²) in [6.45, 7) is 3.29. The van der Waals surface area contributed by atoms with Crippen molar-refractivity contribution in [3.8, 4) is 16.9 Å². The summed E-state index contributed by atoms with van der Waals surface area (Å²) in [4.78, 5) is 17.9. The van der Waals surface area contributed by atoms with Crippen LogP contribution in [0.2, 0.25) is 0 Å². The average Bonchev–Trinajstić information content (AvgIpc) is 2.66. The highest BCUT2D eigenvalue weighted by molar-refractivity contribution is 7.89. The van der Waals surface area contributed by atoms with E-state index in [0.29, 0.717) is 25.3 Å². The van der Waals surface area contributed by atoms with Crippen molar-refractivity contribution in [2.45, 2.75) is 25.9 Å². The number of fused-ring (bicyclic) bond motifs is 1. The van der Waals surface area contributed by atoms with Gasteiger partial charge in [0.15, 0.2) is 0 Å². The monoisotopic (exact) mass is 385 g/mol. The SMILES string of the molecule is CC[S+]([O-])N1CC(Oc2cncc(-c3ccc4c(c3)CCC(=O)N4C)c2)C1. The average molecular weight is 385 g/mol. The van der Waals surface area contributed by atoms with Gasteiger partial charge in [0.05, 0.1) is 19.3 Å². The van der Waals surface area contributed by atoms with Crippen molar-refractivity contribution in [1.82, 2.24) is 9.29 Å². The van der Waals surface area contributed by atoms with E-state index in [1.165, 1.54) is 5.56 Å². The van der Waals surface area contributed by atoms with Gasteiger partial charge in [-0.2, -0.15) is 0 Å². The first-order chi connectivity index (χ1) is 13.0. The Bertz CT molecular complexity index is 854. The standard InChI is InChI=1S/C20H23N3O3S/c1-3-27(25)23-12-18(13-23)26-17-9-16(10-21-11-17)14-4-6-19-15(8-14)5-7-20(24)22(19)2/h4,6,8-11,18H,3,5,7,12-13H2,1-2H3. The molecule has 1 amide bonds. The van der Waals surface area contributed by atoms with Crippen LogP contribution in [0.1, 0.15) is 18.9 Å². The Morgan fingerprint density at radius 2 is 2.04 bits per heavy atom. The van der Waals surface area contributed by atoms with Gasteiger partial charge in [0.25, 0.3) is 0 Å². The second kappa shape index (κ2) is 7.50. The first kappa shape index (κ1) is 18.3. The van der Waals surface area contributed by atoms with E-state index in [0.717, 1.165) is 29.0 Å². The van der Waals surface area contributed by atoms with Crippen LogP contribution in [-0.4, -0.2) is 51.7 Å². The Kier molecular flexibility index (Phi) is 5.08. The predicted octanol–water partition coefficient (Wildman–Crippen LogP) is 2.40. The molecule has 0 N–H and O–H groups in total. The van der Waals surface area contributed by atoms with Crippen molar-refractivity contribution in [1.29, 1.82) is 0 Å². The molecule has 142 valence electrons. The summed E-state index contributed by atoms with van der Waals surface area (Å²) in [7, 11) is 1.82. The van der Waals surface area contributed by atoms with E-state index in [-0.39, 0.29) is 12.0 Å². The van der Waals surface area contributed by atoms with Crippen LogP contribution in [0.3, 0.4) is 0 Å². The fourth-order valence-corrected chi connectivity index (χ4v) is 4.52. The van der Waals surface area contributed by atoms with Crippen LogP contribution in [0.15, 0.2) is 36.7 Å². The highest BCUT2D eigenvalue weighted by atomic mass is 32.2. The number of amides is 1. The molecule has 1 unspecified atom stereocenters. The number of pyridine rings is 1. The van der Waals surface area contributed by atoms with Crippen molar-refractivity contribution in [2.75, 3.05) is 30.8 Å². The molecule has 0 bridgehead atoms. The maximum absolute atomic E-state index is 11.9. The molecule has 7 heteroatoms. The van der Waals surface area contributed by atoms with Crippen LogP contribution < -0.4 is 9.64 Å². The molecule has 3 heterocycles. The van der Waals surface area contributed by atoms with Crippen molar-refractivity contribution in [2.24, 2.45) is 0 Å². The van der Waals surface area contributed by atoms with E-state index in [1.807, 2.05) is 42.7 Å². The zero-order valence-electron chi connectivity index (χ0n) is 15.6. The lowest BCUT2D eigenvalue weighted by molar-refractivity contribution is -0.118. The fraction of sp³-hybridized carbons (Fsp3) is 0.400. The van der Waals surface area contributed by atoms with Gasteiger partial charge in [-0.15, -0.1) is 4.31 Å². The molecule has 0 spiro atoms. The zero-order valence-corrected chi connectivity index (χ0v) is 16.4. The largest absolute Gasteiger partial charge is 0.598 e. The molecule has 27 heavy (non-hydrogen) atoms. The first-order valence-electron chi connectivity index (χ1n) is 9.20. The number of hydrogen-bond acceptors (Lipinski definition) is 5. The highest BCUT2D eigenvalue weighted by Crippen LogP contribution is 2.32. The summed E-state index contributed by atoms with van der Waals surface area (Å²) in [6, 6.07) is 8.14. The van der Waals surface area contributed by atoms with Gasteiger partial charge in [0, 0.05) is 42.3 Å². The van der Waals surface area contributed by atoms with E-state index in [9.17, 15) is 9.35 Å². The molecule has 2 aliphatic heterocycles. The Balaban J connectivity index is 1.48.